The van der Waals surface area contributed by atoms with Crippen LogP contribution in [0, 0.1) is 6.92 Å². The zero-order valence-electron chi connectivity index (χ0n) is 16.2. The van der Waals surface area contributed by atoms with Crippen molar-refractivity contribution < 1.29 is 32.9 Å². The van der Waals surface area contributed by atoms with Crippen molar-refractivity contribution in [2.24, 2.45) is 0 Å². The van der Waals surface area contributed by atoms with Crippen molar-refractivity contribution in [1.29, 1.82) is 0 Å². The predicted molar refractivity (Wildman–Crippen MR) is 97.3 cm³/mol. The maximum atomic E-state index is 12.1. The summed E-state index contributed by atoms with van der Waals surface area (Å²) in [6.45, 7) is 7.15. The van der Waals surface area contributed by atoms with Gasteiger partial charge in [0.25, 0.3) is 5.56 Å². The third-order valence-electron chi connectivity index (χ3n) is 3.77. The van der Waals surface area contributed by atoms with Crippen LogP contribution in [0.1, 0.15) is 39.0 Å². The Morgan fingerprint density at radius 2 is 2.00 bits per heavy atom. The number of H-pyrrole nitrogens is 1. The van der Waals surface area contributed by atoms with E-state index < -0.39 is 44.3 Å². The Hall–Kier alpha value is -1.62. The molecule has 1 fully saturated rings. The molecule has 0 aliphatic carbocycles. The van der Waals surface area contributed by atoms with Crippen molar-refractivity contribution in [1.82, 2.24) is 9.55 Å². The van der Waals surface area contributed by atoms with Crippen LogP contribution in [0.5, 0.6) is 0 Å². The number of aryl methyl sites for hydroxylation is 1. The molecule has 11 nitrogen and oxygen atoms in total. The summed E-state index contributed by atoms with van der Waals surface area (Å²) in [5.74, 6) is -0.490. The summed E-state index contributed by atoms with van der Waals surface area (Å²) >= 11 is 0. The van der Waals surface area contributed by atoms with E-state index in [1.54, 1.807) is 20.8 Å². The molecule has 0 saturated carbocycles. The number of rotatable bonds is 10. The van der Waals surface area contributed by atoms with E-state index in [4.69, 9.17) is 28.1 Å². The summed E-state index contributed by atoms with van der Waals surface area (Å²) in [7, 11) is -1.66. The molecular weight excluding hydrogens is 395 g/mol. The Kier molecular flexibility index (Phi) is 8.74. The number of ether oxygens (including phenoxy) is 2. The molecule has 0 amide bonds. The average molecular weight is 420 g/mol. The lowest BCUT2D eigenvalue weighted by Crippen LogP contribution is -2.33. The molecule has 1 aromatic rings. The van der Waals surface area contributed by atoms with Gasteiger partial charge < -0.3 is 18.5 Å². The molecule has 0 spiro atoms. The normalized spacial score (nSPS) is 22.0. The van der Waals surface area contributed by atoms with Gasteiger partial charge in [0.15, 0.2) is 0 Å². The predicted octanol–water partition coefficient (Wildman–Crippen LogP) is 1.31. The molecule has 12 heteroatoms. The van der Waals surface area contributed by atoms with E-state index in [0.29, 0.717) is 18.8 Å². The number of hydrogen-bond acceptors (Lipinski definition) is 9. The maximum Gasteiger partial charge on any atom is 0.362 e. The van der Waals surface area contributed by atoms with Gasteiger partial charge in [-0.2, -0.15) is 4.67 Å². The minimum absolute atomic E-state index is 0.0789. The number of aromatic nitrogens is 2. The second-order valence-electron chi connectivity index (χ2n) is 5.91. The van der Waals surface area contributed by atoms with Crippen molar-refractivity contribution in [2.75, 3.05) is 19.8 Å². The summed E-state index contributed by atoms with van der Waals surface area (Å²) in [4.78, 5) is 42.4. The fourth-order valence-electron chi connectivity index (χ4n) is 2.59. The molecule has 0 aromatic carbocycles. The van der Waals surface area contributed by atoms with Gasteiger partial charge in [0, 0.05) is 25.1 Å². The zero-order chi connectivity index (χ0) is 20.7. The van der Waals surface area contributed by atoms with Crippen LogP contribution >= 0.6 is 8.60 Å². The lowest BCUT2D eigenvalue weighted by Gasteiger charge is -2.19. The van der Waals surface area contributed by atoms with E-state index >= 15 is 0 Å². The van der Waals surface area contributed by atoms with Crippen LogP contribution in [0.25, 0.3) is 0 Å². The van der Waals surface area contributed by atoms with E-state index in [-0.39, 0.29) is 13.0 Å². The Morgan fingerprint density at radius 1 is 1.32 bits per heavy atom. The number of carbonyl (C=O) groups excluding carboxylic acids is 1. The quantitative estimate of drug-likeness (QED) is 0.258. The molecule has 1 aliphatic heterocycles. The molecular formula is C16H25N2O9P. The van der Waals surface area contributed by atoms with Gasteiger partial charge in [-0.3, -0.25) is 19.1 Å². The molecule has 0 unspecified atom stereocenters. The molecule has 1 N–H and O–H groups in total. The molecule has 1 aromatic heterocycles. The van der Waals surface area contributed by atoms with Crippen LogP contribution in [0.15, 0.2) is 15.8 Å². The summed E-state index contributed by atoms with van der Waals surface area (Å²) < 4.78 is 28.0. The van der Waals surface area contributed by atoms with Crippen molar-refractivity contribution >= 4 is 14.6 Å². The highest BCUT2D eigenvalue weighted by Crippen LogP contribution is 2.40. The van der Waals surface area contributed by atoms with Crippen LogP contribution in [-0.2, 0) is 32.9 Å². The summed E-state index contributed by atoms with van der Waals surface area (Å²) in [5, 5.41) is 0. The van der Waals surface area contributed by atoms with Gasteiger partial charge in [-0.15, -0.1) is 0 Å². The molecule has 0 radical (unpaired) electrons. The number of hydrogen-bond donors (Lipinski definition) is 1. The summed E-state index contributed by atoms with van der Waals surface area (Å²) in [6.07, 6.45) is -0.463. The smallest absolute Gasteiger partial charge is 0.362 e. The van der Waals surface area contributed by atoms with Crippen molar-refractivity contribution in [2.45, 2.75) is 52.6 Å². The third kappa shape index (κ3) is 6.20. The van der Waals surface area contributed by atoms with E-state index in [1.165, 1.54) is 17.7 Å². The average Bonchev–Trinajstić information content (AvgIpc) is 3.00. The fraction of sp³-hybridized carbons (Fsp3) is 0.688. The SMILES string of the molecule is CCOP(OCC)OOC[C@H]1O[C@@H](n2cc(C)c(=O)[nH]c2=O)C[C@@H]1OC(C)=O. The number of carbonyl (C=O) groups is 1. The van der Waals surface area contributed by atoms with Gasteiger partial charge in [0.2, 0.25) is 0 Å². The van der Waals surface area contributed by atoms with E-state index in [9.17, 15) is 14.4 Å². The van der Waals surface area contributed by atoms with Crippen molar-refractivity contribution in [3.05, 3.63) is 32.6 Å². The van der Waals surface area contributed by atoms with Crippen LogP contribution in [0.2, 0.25) is 0 Å². The molecule has 1 aliphatic rings. The molecule has 0 bridgehead atoms. The molecule has 158 valence electrons. The van der Waals surface area contributed by atoms with E-state index in [1.807, 2.05) is 0 Å². The minimum atomic E-state index is -1.66. The van der Waals surface area contributed by atoms with Gasteiger partial charge in [-0.25, -0.2) is 9.68 Å². The molecule has 2 heterocycles. The largest absolute Gasteiger partial charge is 0.460 e. The summed E-state index contributed by atoms with van der Waals surface area (Å²) in [6, 6.07) is 0. The highest BCUT2D eigenvalue weighted by Gasteiger charge is 2.39. The van der Waals surface area contributed by atoms with Crippen LogP contribution in [0.3, 0.4) is 0 Å². The number of aromatic amines is 1. The highest BCUT2D eigenvalue weighted by molar-refractivity contribution is 7.41. The lowest BCUT2D eigenvalue weighted by molar-refractivity contribution is -0.243. The summed E-state index contributed by atoms with van der Waals surface area (Å²) in [5.41, 5.74) is -0.727. The second kappa shape index (κ2) is 10.8. The molecule has 28 heavy (non-hydrogen) atoms. The Labute approximate surface area is 162 Å². The maximum absolute atomic E-state index is 12.1. The lowest BCUT2D eigenvalue weighted by atomic mass is 10.2. The number of nitrogens with one attached hydrogen (secondary N) is 1. The Bertz CT molecular complexity index is 759. The van der Waals surface area contributed by atoms with Gasteiger partial charge in [-0.1, -0.05) is 0 Å². The van der Waals surface area contributed by atoms with Crippen LogP contribution in [-0.4, -0.2) is 47.5 Å². The van der Waals surface area contributed by atoms with Crippen molar-refractivity contribution in [3.8, 4) is 0 Å². The molecule has 1 saturated heterocycles. The van der Waals surface area contributed by atoms with Gasteiger partial charge >= 0.3 is 20.3 Å². The van der Waals surface area contributed by atoms with Gasteiger partial charge in [0.1, 0.15) is 25.0 Å². The standard InChI is InChI=1S/C16H25N2O9P/c1-5-23-28(24-6-2)27-22-9-13-12(25-11(4)19)7-14(26-13)18-8-10(3)15(20)17-16(18)21/h8,12-14H,5-7,9H2,1-4H3,(H,17,20,21)/t12-,13+,14+/m0/s1. The minimum Gasteiger partial charge on any atom is -0.460 e. The van der Waals surface area contributed by atoms with Crippen molar-refractivity contribution in [3.63, 3.8) is 0 Å². The topological polar surface area (TPSA) is 127 Å². The van der Waals surface area contributed by atoms with E-state index in [2.05, 4.69) is 4.98 Å². The number of nitrogens with zero attached hydrogens (tertiary/aromatic N) is 1. The third-order valence-corrected chi connectivity index (χ3v) is 4.93. The highest BCUT2D eigenvalue weighted by atomic mass is 31.2. The Balaban J connectivity index is 2.06. The molecule has 3 atom stereocenters. The fourth-order valence-corrected chi connectivity index (χ4v) is 3.32. The number of esters is 1. The van der Waals surface area contributed by atoms with E-state index in [0.717, 1.165) is 0 Å². The van der Waals surface area contributed by atoms with Crippen LogP contribution in [0.4, 0.5) is 0 Å². The molecule has 2 rings (SSSR count). The first-order valence-corrected chi connectivity index (χ1v) is 9.95. The zero-order valence-corrected chi connectivity index (χ0v) is 17.1. The Morgan fingerprint density at radius 3 is 2.61 bits per heavy atom. The van der Waals surface area contributed by atoms with Gasteiger partial charge in [0.05, 0.1) is 13.2 Å². The van der Waals surface area contributed by atoms with Crippen LogP contribution < -0.4 is 11.2 Å². The van der Waals surface area contributed by atoms with Gasteiger partial charge in [-0.05, 0) is 20.8 Å². The first-order chi connectivity index (χ1) is 13.3. The first-order valence-electron chi connectivity index (χ1n) is 8.85. The monoisotopic (exact) mass is 420 g/mol. The second-order valence-corrected chi connectivity index (χ2v) is 7.02. The first kappa shape index (κ1) is 22.7.